The molecule has 2 nitrogen and oxygen atoms in total. The Balaban J connectivity index is 2.11. The van der Waals surface area contributed by atoms with Crippen LogP contribution in [0.2, 0.25) is 0 Å². The Bertz CT molecular complexity index is 520. The van der Waals surface area contributed by atoms with E-state index in [4.69, 9.17) is 0 Å². The molecule has 1 aromatic carbocycles. The quantitative estimate of drug-likeness (QED) is 0.746. The monoisotopic (exact) mass is 310 g/mol. The number of rotatable bonds is 6. The van der Waals surface area contributed by atoms with E-state index in [9.17, 15) is 18.7 Å². The summed E-state index contributed by atoms with van der Waals surface area (Å²) >= 11 is 0. The average molecular weight is 310 g/mol. The number of hydrogen-bond acceptors (Lipinski definition) is 1. The molecule has 1 fully saturated rings. The first-order valence-corrected chi connectivity index (χ1v) is 8.18. The van der Waals surface area contributed by atoms with Gasteiger partial charge in [-0.15, -0.1) is 0 Å². The Morgan fingerprint density at radius 3 is 2.45 bits per heavy atom. The predicted octanol–water partition coefficient (Wildman–Crippen LogP) is 5.06. The first kappa shape index (κ1) is 16.9. The predicted molar refractivity (Wildman–Crippen MR) is 81.8 cm³/mol. The van der Waals surface area contributed by atoms with Gasteiger partial charge < -0.3 is 5.11 Å². The lowest BCUT2D eigenvalue weighted by Gasteiger charge is -2.37. The van der Waals surface area contributed by atoms with Gasteiger partial charge in [0.2, 0.25) is 0 Å². The Morgan fingerprint density at radius 2 is 1.91 bits per heavy atom. The van der Waals surface area contributed by atoms with Crippen LogP contribution in [0, 0.1) is 17.6 Å². The smallest absolute Gasteiger partial charge is 0.314 e. The summed E-state index contributed by atoms with van der Waals surface area (Å²) in [6.07, 6.45) is 7.41. The van der Waals surface area contributed by atoms with Crippen molar-refractivity contribution < 1.29 is 18.7 Å². The van der Waals surface area contributed by atoms with Crippen LogP contribution in [0.5, 0.6) is 0 Å². The van der Waals surface area contributed by atoms with E-state index in [1.165, 1.54) is 25.3 Å². The van der Waals surface area contributed by atoms with Crippen molar-refractivity contribution >= 4 is 5.97 Å². The highest BCUT2D eigenvalue weighted by Gasteiger charge is 2.43. The minimum absolute atomic E-state index is 0.394. The number of benzene rings is 1. The van der Waals surface area contributed by atoms with Crippen LogP contribution >= 0.6 is 0 Å². The second-order valence-electron chi connectivity index (χ2n) is 6.46. The molecule has 0 aliphatic heterocycles. The van der Waals surface area contributed by atoms with E-state index in [1.54, 1.807) is 0 Å². The SMILES string of the molecule is CCCCCC1CCC(C(=O)O)(c2ccc(F)c(F)c2)CC1. The summed E-state index contributed by atoms with van der Waals surface area (Å²) in [4.78, 5) is 11.8. The van der Waals surface area contributed by atoms with Crippen molar-refractivity contribution in [3.8, 4) is 0 Å². The second kappa shape index (κ2) is 7.21. The zero-order valence-electron chi connectivity index (χ0n) is 13.1. The van der Waals surface area contributed by atoms with Crippen molar-refractivity contribution in [2.24, 2.45) is 5.92 Å². The van der Waals surface area contributed by atoms with Gasteiger partial charge in [0.1, 0.15) is 0 Å². The summed E-state index contributed by atoms with van der Waals surface area (Å²) in [6, 6.07) is 3.51. The summed E-state index contributed by atoms with van der Waals surface area (Å²) in [5.74, 6) is -2.27. The van der Waals surface area contributed by atoms with Gasteiger partial charge in [-0.1, -0.05) is 38.7 Å². The Labute approximate surface area is 130 Å². The number of carbonyl (C=O) groups is 1. The number of hydrogen-bond donors (Lipinski definition) is 1. The zero-order valence-corrected chi connectivity index (χ0v) is 13.1. The Hall–Kier alpha value is -1.45. The number of halogens is 2. The first-order valence-electron chi connectivity index (χ1n) is 8.18. The normalized spacial score (nSPS) is 25.1. The van der Waals surface area contributed by atoms with Gasteiger partial charge in [-0.05, 0) is 49.3 Å². The highest BCUT2D eigenvalue weighted by molar-refractivity contribution is 5.81. The Morgan fingerprint density at radius 1 is 1.23 bits per heavy atom. The number of carboxylic acids is 1. The van der Waals surface area contributed by atoms with Crippen molar-refractivity contribution in [1.29, 1.82) is 0 Å². The third-order valence-electron chi connectivity index (χ3n) is 5.06. The van der Waals surface area contributed by atoms with Gasteiger partial charge in [0, 0.05) is 0 Å². The van der Waals surface area contributed by atoms with Crippen molar-refractivity contribution in [2.45, 2.75) is 63.7 Å². The Kier molecular flexibility index (Phi) is 5.54. The molecule has 0 heterocycles. The van der Waals surface area contributed by atoms with Gasteiger partial charge >= 0.3 is 5.97 Å². The first-order chi connectivity index (χ1) is 10.5. The maximum Gasteiger partial charge on any atom is 0.314 e. The van der Waals surface area contributed by atoms with Crippen molar-refractivity contribution in [3.63, 3.8) is 0 Å². The fourth-order valence-corrected chi connectivity index (χ4v) is 3.56. The molecule has 2 rings (SSSR count). The van der Waals surface area contributed by atoms with Crippen LogP contribution in [0.25, 0.3) is 0 Å². The van der Waals surface area contributed by atoms with E-state index in [0.29, 0.717) is 24.3 Å². The molecule has 1 saturated carbocycles. The maximum atomic E-state index is 13.5. The minimum atomic E-state index is -1.06. The topological polar surface area (TPSA) is 37.3 Å². The highest BCUT2D eigenvalue weighted by Crippen LogP contribution is 2.43. The molecule has 1 N–H and O–H groups in total. The fourth-order valence-electron chi connectivity index (χ4n) is 3.56. The highest BCUT2D eigenvalue weighted by atomic mass is 19.2. The van der Waals surface area contributed by atoms with E-state index in [1.807, 2.05) is 0 Å². The molecule has 1 aliphatic rings. The van der Waals surface area contributed by atoms with Crippen LogP contribution < -0.4 is 0 Å². The summed E-state index contributed by atoms with van der Waals surface area (Å²) in [7, 11) is 0. The van der Waals surface area contributed by atoms with Gasteiger partial charge in [0.25, 0.3) is 0 Å². The summed E-state index contributed by atoms with van der Waals surface area (Å²) in [5.41, 5.74) is -0.665. The third kappa shape index (κ3) is 3.47. The molecule has 0 bridgehead atoms. The van der Waals surface area contributed by atoms with E-state index in [2.05, 4.69) is 6.92 Å². The molecule has 0 amide bonds. The van der Waals surface area contributed by atoms with Crippen LogP contribution in [-0.4, -0.2) is 11.1 Å². The van der Waals surface area contributed by atoms with E-state index in [-0.39, 0.29) is 0 Å². The lowest BCUT2D eigenvalue weighted by molar-refractivity contribution is -0.145. The summed E-state index contributed by atoms with van der Waals surface area (Å²) < 4.78 is 26.6. The van der Waals surface area contributed by atoms with E-state index >= 15 is 0 Å². The van der Waals surface area contributed by atoms with Crippen LogP contribution in [0.1, 0.15) is 63.9 Å². The molecule has 0 atom stereocenters. The van der Waals surface area contributed by atoms with Crippen molar-refractivity contribution in [2.75, 3.05) is 0 Å². The summed E-state index contributed by atoms with van der Waals surface area (Å²) in [5, 5.41) is 9.69. The number of carboxylic acid groups (broad SMARTS) is 1. The van der Waals surface area contributed by atoms with Crippen LogP contribution in [-0.2, 0) is 10.2 Å². The largest absolute Gasteiger partial charge is 0.481 e. The van der Waals surface area contributed by atoms with Crippen LogP contribution in [0.3, 0.4) is 0 Å². The van der Waals surface area contributed by atoms with Gasteiger partial charge in [-0.2, -0.15) is 0 Å². The molecule has 0 spiro atoms. The molecule has 0 radical (unpaired) electrons. The van der Waals surface area contributed by atoms with Gasteiger partial charge in [0.15, 0.2) is 11.6 Å². The molecule has 0 saturated heterocycles. The van der Waals surface area contributed by atoms with Gasteiger partial charge in [0.05, 0.1) is 5.41 Å². The lowest BCUT2D eigenvalue weighted by atomic mass is 9.66. The molecule has 0 unspecified atom stereocenters. The lowest BCUT2D eigenvalue weighted by Crippen LogP contribution is -2.39. The van der Waals surface area contributed by atoms with E-state index in [0.717, 1.165) is 31.4 Å². The van der Waals surface area contributed by atoms with Gasteiger partial charge in [-0.3, -0.25) is 4.79 Å². The molecule has 22 heavy (non-hydrogen) atoms. The molecule has 122 valence electrons. The van der Waals surface area contributed by atoms with Gasteiger partial charge in [-0.25, -0.2) is 8.78 Å². The average Bonchev–Trinajstić information content (AvgIpc) is 2.51. The molecule has 1 aliphatic carbocycles. The maximum absolute atomic E-state index is 13.5. The van der Waals surface area contributed by atoms with Crippen LogP contribution in [0.15, 0.2) is 18.2 Å². The zero-order chi connectivity index (χ0) is 16.2. The van der Waals surface area contributed by atoms with Crippen molar-refractivity contribution in [3.05, 3.63) is 35.4 Å². The third-order valence-corrected chi connectivity index (χ3v) is 5.06. The molecular formula is C18H24F2O2. The fraction of sp³-hybridized carbons (Fsp3) is 0.611. The molecule has 4 heteroatoms. The second-order valence-corrected chi connectivity index (χ2v) is 6.46. The molecule has 1 aromatic rings. The minimum Gasteiger partial charge on any atom is -0.481 e. The molecule has 0 aromatic heterocycles. The van der Waals surface area contributed by atoms with Crippen molar-refractivity contribution in [1.82, 2.24) is 0 Å². The van der Waals surface area contributed by atoms with E-state index < -0.39 is 23.0 Å². The molecular weight excluding hydrogens is 286 g/mol. The number of unbranched alkanes of at least 4 members (excludes halogenated alkanes) is 2. The summed E-state index contributed by atoms with van der Waals surface area (Å²) in [6.45, 7) is 2.17. The number of aliphatic carboxylic acids is 1. The standard InChI is InChI=1S/C18H24F2O2/c1-2-3-4-5-13-8-10-18(11-9-13,17(21)22)14-6-7-15(19)16(20)12-14/h6-7,12-13H,2-5,8-11H2,1H3,(H,21,22). The van der Waals surface area contributed by atoms with Crippen LogP contribution in [0.4, 0.5) is 8.78 Å².